The first-order valence-electron chi connectivity index (χ1n) is 9.04. The molecule has 142 valence electrons. The zero-order chi connectivity index (χ0) is 20.1. The van der Waals surface area contributed by atoms with Crippen LogP contribution in [0.3, 0.4) is 0 Å². The lowest BCUT2D eigenvalue weighted by atomic mass is 9.78. The van der Waals surface area contributed by atoms with E-state index in [1.807, 2.05) is 30.3 Å². The van der Waals surface area contributed by atoms with Crippen LogP contribution in [-0.2, 0) is 4.79 Å². The Balaban J connectivity index is 2.03. The summed E-state index contributed by atoms with van der Waals surface area (Å²) in [4.78, 5) is 23.2. The fourth-order valence-corrected chi connectivity index (χ4v) is 4.44. The molecule has 0 bridgehead atoms. The first-order valence-corrected chi connectivity index (χ1v) is 9.83. The van der Waals surface area contributed by atoms with Gasteiger partial charge >= 0.3 is 0 Å². The molecule has 0 amide bonds. The third-order valence-electron chi connectivity index (χ3n) is 5.07. The third-order valence-corrected chi connectivity index (χ3v) is 5.76. The minimum atomic E-state index is -0.387. The molecular formula is C22H19BrN2O3. The van der Waals surface area contributed by atoms with Gasteiger partial charge in [0.1, 0.15) is 0 Å². The number of ketones is 1. The second-order valence-corrected chi connectivity index (χ2v) is 8.82. The fraction of sp³-hybridized carbons (Fsp3) is 0.227. The molecule has 1 aliphatic carbocycles. The summed E-state index contributed by atoms with van der Waals surface area (Å²) >= 11 is 3.61. The average Bonchev–Trinajstić information content (AvgIpc) is 2.98. The molecule has 0 spiro atoms. The number of carbonyl (C=O) groups is 1. The van der Waals surface area contributed by atoms with Gasteiger partial charge in [-0.2, -0.15) is 0 Å². The summed E-state index contributed by atoms with van der Waals surface area (Å²) in [5, 5.41) is 12.0. The van der Waals surface area contributed by atoms with Crippen LogP contribution in [0.15, 0.2) is 59.1 Å². The first-order chi connectivity index (χ1) is 13.2. The van der Waals surface area contributed by atoms with Crippen molar-refractivity contribution >= 4 is 44.0 Å². The van der Waals surface area contributed by atoms with Crippen molar-refractivity contribution in [1.29, 1.82) is 0 Å². The minimum absolute atomic E-state index is 0.0531. The van der Waals surface area contributed by atoms with Crippen molar-refractivity contribution in [3.05, 3.63) is 69.2 Å². The molecule has 0 aliphatic heterocycles. The molecule has 28 heavy (non-hydrogen) atoms. The van der Waals surface area contributed by atoms with Crippen LogP contribution in [0.2, 0.25) is 0 Å². The lowest BCUT2D eigenvalue weighted by molar-refractivity contribution is -0.384. The number of rotatable bonds is 3. The van der Waals surface area contributed by atoms with Crippen LogP contribution in [0.25, 0.3) is 27.9 Å². The van der Waals surface area contributed by atoms with Crippen molar-refractivity contribution in [1.82, 2.24) is 4.57 Å². The van der Waals surface area contributed by atoms with Crippen molar-refractivity contribution in [2.75, 3.05) is 0 Å². The molecule has 0 atom stereocenters. The van der Waals surface area contributed by atoms with E-state index in [1.165, 1.54) is 6.07 Å². The van der Waals surface area contributed by atoms with Gasteiger partial charge in [-0.25, -0.2) is 0 Å². The predicted molar refractivity (Wildman–Crippen MR) is 114 cm³/mol. The second-order valence-electron chi connectivity index (χ2n) is 7.96. The van der Waals surface area contributed by atoms with Crippen LogP contribution in [0.4, 0.5) is 5.69 Å². The van der Waals surface area contributed by atoms with Crippen LogP contribution in [-0.4, -0.2) is 15.3 Å². The molecule has 1 heterocycles. The number of aromatic nitrogens is 1. The second kappa shape index (κ2) is 6.71. The Hall–Kier alpha value is -2.73. The Morgan fingerprint density at radius 3 is 2.54 bits per heavy atom. The number of hydrogen-bond acceptors (Lipinski definition) is 3. The maximum Gasteiger partial charge on any atom is 0.270 e. The van der Waals surface area contributed by atoms with E-state index in [0.29, 0.717) is 6.42 Å². The minimum Gasteiger partial charge on any atom is -0.313 e. The van der Waals surface area contributed by atoms with Crippen LogP contribution in [0.5, 0.6) is 0 Å². The molecule has 6 heteroatoms. The SMILES string of the molecule is CC1(C)CC(=O)C=C(n2c(-c3ccccc3Br)cc3cc([N+](=O)[O-])ccc32)C1. The number of nitrogens with zero attached hydrogens (tertiary/aromatic N) is 2. The van der Waals surface area contributed by atoms with Crippen molar-refractivity contribution in [2.45, 2.75) is 26.7 Å². The summed E-state index contributed by atoms with van der Waals surface area (Å²) in [5.74, 6) is 0.105. The predicted octanol–water partition coefficient (Wildman–Crippen LogP) is 6.21. The third kappa shape index (κ3) is 3.29. The molecule has 0 saturated carbocycles. The quantitative estimate of drug-likeness (QED) is 0.360. The van der Waals surface area contributed by atoms with Crippen molar-refractivity contribution in [3.63, 3.8) is 0 Å². The lowest BCUT2D eigenvalue weighted by Gasteiger charge is -2.30. The first kappa shape index (κ1) is 18.6. The van der Waals surface area contributed by atoms with Gasteiger partial charge in [0.2, 0.25) is 0 Å². The normalized spacial score (nSPS) is 16.2. The molecule has 0 radical (unpaired) electrons. The van der Waals surface area contributed by atoms with Crippen molar-refractivity contribution in [2.24, 2.45) is 5.41 Å². The monoisotopic (exact) mass is 438 g/mol. The van der Waals surface area contributed by atoms with Gasteiger partial charge < -0.3 is 4.57 Å². The van der Waals surface area contributed by atoms with Gasteiger partial charge in [-0.1, -0.05) is 48.0 Å². The van der Waals surface area contributed by atoms with E-state index in [4.69, 9.17) is 0 Å². The Kier molecular flexibility index (Phi) is 4.46. The highest BCUT2D eigenvalue weighted by atomic mass is 79.9. The van der Waals surface area contributed by atoms with E-state index in [-0.39, 0.29) is 21.8 Å². The van der Waals surface area contributed by atoms with Crippen LogP contribution < -0.4 is 0 Å². The highest BCUT2D eigenvalue weighted by Crippen LogP contribution is 2.42. The fourth-order valence-electron chi connectivity index (χ4n) is 3.95. The molecule has 1 aromatic heterocycles. The number of non-ortho nitro benzene ring substituents is 1. The van der Waals surface area contributed by atoms with Crippen LogP contribution >= 0.6 is 15.9 Å². The highest BCUT2D eigenvalue weighted by Gasteiger charge is 2.30. The number of halogens is 1. The van der Waals surface area contributed by atoms with Gasteiger partial charge in [0, 0.05) is 45.7 Å². The standard InChI is InChI=1S/C22H19BrN2O3/c1-22(2)12-16(11-17(26)13-22)24-20-8-7-15(25(27)28)9-14(20)10-21(24)18-5-3-4-6-19(18)23/h3-11H,12-13H2,1-2H3. The number of fused-ring (bicyclic) bond motifs is 1. The summed E-state index contributed by atoms with van der Waals surface area (Å²) < 4.78 is 2.99. The highest BCUT2D eigenvalue weighted by molar-refractivity contribution is 9.10. The van der Waals surface area contributed by atoms with Crippen molar-refractivity contribution in [3.8, 4) is 11.3 Å². The molecule has 4 rings (SSSR count). The van der Waals surface area contributed by atoms with Gasteiger partial charge in [0.25, 0.3) is 5.69 Å². The van der Waals surface area contributed by atoms with Crippen LogP contribution in [0, 0.1) is 15.5 Å². The van der Waals surface area contributed by atoms with E-state index in [0.717, 1.165) is 38.8 Å². The summed E-state index contributed by atoms with van der Waals surface area (Å²) in [5.41, 5.74) is 3.56. The van der Waals surface area contributed by atoms with Gasteiger partial charge in [-0.15, -0.1) is 0 Å². The lowest BCUT2D eigenvalue weighted by Crippen LogP contribution is -2.23. The summed E-state index contributed by atoms with van der Waals surface area (Å²) in [6.07, 6.45) is 2.98. The van der Waals surface area contributed by atoms with Gasteiger partial charge in [-0.3, -0.25) is 14.9 Å². The van der Waals surface area contributed by atoms with Gasteiger partial charge in [-0.05, 0) is 30.0 Å². The molecule has 5 nitrogen and oxygen atoms in total. The molecule has 0 fully saturated rings. The van der Waals surface area contributed by atoms with E-state index in [9.17, 15) is 14.9 Å². The van der Waals surface area contributed by atoms with Crippen LogP contribution in [0.1, 0.15) is 26.7 Å². The Morgan fingerprint density at radius 1 is 1.11 bits per heavy atom. The molecule has 1 aliphatic rings. The Bertz CT molecular complexity index is 1160. The van der Waals surface area contributed by atoms with Gasteiger partial charge in [0.05, 0.1) is 16.1 Å². The number of nitro groups is 1. The summed E-state index contributed by atoms with van der Waals surface area (Å²) in [7, 11) is 0. The number of hydrogen-bond donors (Lipinski definition) is 0. The molecular weight excluding hydrogens is 420 g/mol. The zero-order valence-electron chi connectivity index (χ0n) is 15.6. The summed E-state index contributed by atoms with van der Waals surface area (Å²) in [6, 6.07) is 14.7. The van der Waals surface area contributed by atoms with E-state index in [2.05, 4.69) is 34.3 Å². The number of benzene rings is 2. The molecule has 3 aromatic rings. The topological polar surface area (TPSA) is 65.1 Å². The molecule has 0 saturated heterocycles. The average molecular weight is 439 g/mol. The van der Waals surface area contributed by atoms with Crippen molar-refractivity contribution < 1.29 is 9.72 Å². The van der Waals surface area contributed by atoms with E-state index >= 15 is 0 Å². The summed E-state index contributed by atoms with van der Waals surface area (Å²) in [6.45, 7) is 4.18. The number of carbonyl (C=O) groups excluding carboxylic acids is 1. The molecule has 2 aromatic carbocycles. The van der Waals surface area contributed by atoms with E-state index < -0.39 is 0 Å². The zero-order valence-corrected chi connectivity index (χ0v) is 17.2. The number of allylic oxidation sites excluding steroid dienone is 2. The largest absolute Gasteiger partial charge is 0.313 e. The van der Waals surface area contributed by atoms with E-state index in [1.54, 1.807) is 18.2 Å². The molecule has 0 N–H and O–H groups in total. The maximum absolute atomic E-state index is 12.4. The molecule has 0 unspecified atom stereocenters. The maximum atomic E-state index is 12.4. The Labute approximate surface area is 170 Å². The Morgan fingerprint density at radius 2 is 1.86 bits per heavy atom. The number of nitro benzene ring substituents is 1. The van der Waals surface area contributed by atoms with Gasteiger partial charge in [0.15, 0.2) is 5.78 Å². The smallest absolute Gasteiger partial charge is 0.270 e.